The van der Waals surface area contributed by atoms with E-state index in [0.29, 0.717) is 6.54 Å². The van der Waals surface area contributed by atoms with E-state index in [1.807, 2.05) is 13.0 Å². The smallest absolute Gasteiger partial charge is 0.123 e. The highest BCUT2D eigenvalue weighted by Crippen LogP contribution is 2.22. The number of rotatable bonds is 4. The van der Waals surface area contributed by atoms with E-state index in [2.05, 4.69) is 31.2 Å². The molecule has 0 radical (unpaired) electrons. The Hall–Kier alpha value is -1.67. The van der Waals surface area contributed by atoms with Crippen LogP contribution >= 0.6 is 0 Å². The third-order valence-corrected chi connectivity index (χ3v) is 3.60. The van der Waals surface area contributed by atoms with Gasteiger partial charge < -0.3 is 5.73 Å². The molecule has 0 heterocycles. The van der Waals surface area contributed by atoms with Crippen LogP contribution in [0.1, 0.15) is 28.2 Å². The summed E-state index contributed by atoms with van der Waals surface area (Å²) in [7, 11) is 0. The van der Waals surface area contributed by atoms with Gasteiger partial charge >= 0.3 is 0 Å². The third kappa shape index (κ3) is 3.42. The number of nitrogens with two attached hydrogens (primary N) is 1. The average molecular weight is 257 g/mol. The molecule has 2 rings (SSSR count). The molecule has 1 atom stereocenters. The van der Waals surface area contributed by atoms with Gasteiger partial charge in [0, 0.05) is 5.92 Å². The van der Waals surface area contributed by atoms with Crippen LogP contribution in [-0.4, -0.2) is 6.54 Å². The first-order valence-corrected chi connectivity index (χ1v) is 6.62. The van der Waals surface area contributed by atoms with Gasteiger partial charge in [-0.3, -0.25) is 0 Å². The van der Waals surface area contributed by atoms with Crippen LogP contribution in [0.4, 0.5) is 4.39 Å². The zero-order valence-electron chi connectivity index (χ0n) is 11.5. The summed E-state index contributed by atoms with van der Waals surface area (Å²) in [5.41, 5.74) is 10.5. The Kier molecular flexibility index (Phi) is 4.33. The molecular formula is C17H20FN. The minimum Gasteiger partial charge on any atom is -0.330 e. The first-order valence-electron chi connectivity index (χ1n) is 6.62. The van der Waals surface area contributed by atoms with Crippen molar-refractivity contribution in [1.29, 1.82) is 0 Å². The normalized spacial score (nSPS) is 12.4. The Balaban J connectivity index is 2.21. The standard InChI is InChI=1S/C17H20FN/c1-12-3-5-14(6-4-12)16(11-19)10-15-7-8-17(18)9-13(15)2/h3-9,16H,10-11,19H2,1-2H3. The predicted molar refractivity (Wildman–Crippen MR) is 77.8 cm³/mol. The molecule has 0 bridgehead atoms. The van der Waals surface area contributed by atoms with Crippen molar-refractivity contribution in [2.24, 2.45) is 5.73 Å². The van der Waals surface area contributed by atoms with Crippen LogP contribution in [0, 0.1) is 19.7 Å². The molecule has 0 aliphatic carbocycles. The van der Waals surface area contributed by atoms with E-state index < -0.39 is 0 Å². The molecule has 0 aliphatic rings. The lowest BCUT2D eigenvalue weighted by atomic mass is 9.90. The van der Waals surface area contributed by atoms with Gasteiger partial charge in [-0.15, -0.1) is 0 Å². The van der Waals surface area contributed by atoms with E-state index in [1.54, 1.807) is 6.07 Å². The fourth-order valence-electron chi connectivity index (χ4n) is 2.33. The Labute approximate surface area is 114 Å². The maximum absolute atomic E-state index is 13.1. The van der Waals surface area contributed by atoms with Crippen molar-refractivity contribution in [3.8, 4) is 0 Å². The molecule has 2 heteroatoms. The molecule has 0 fully saturated rings. The maximum Gasteiger partial charge on any atom is 0.123 e. The quantitative estimate of drug-likeness (QED) is 0.887. The van der Waals surface area contributed by atoms with Crippen molar-refractivity contribution >= 4 is 0 Å². The monoisotopic (exact) mass is 257 g/mol. The molecule has 0 aromatic heterocycles. The summed E-state index contributed by atoms with van der Waals surface area (Å²) in [6, 6.07) is 13.4. The van der Waals surface area contributed by atoms with Crippen molar-refractivity contribution in [3.63, 3.8) is 0 Å². The second kappa shape index (κ2) is 5.98. The van der Waals surface area contributed by atoms with Crippen LogP contribution in [-0.2, 0) is 6.42 Å². The number of aryl methyl sites for hydroxylation is 2. The Morgan fingerprint density at radius 1 is 1.05 bits per heavy atom. The van der Waals surface area contributed by atoms with Crippen LogP contribution in [0.15, 0.2) is 42.5 Å². The minimum absolute atomic E-state index is 0.180. The van der Waals surface area contributed by atoms with Gasteiger partial charge in [0.15, 0.2) is 0 Å². The summed E-state index contributed by atoms with van der Waals surface area (Å²) >= 11 is 0. The number of halogens is 1. The topological polar surface area (TPSA) is 26.0 Å². The molecule has 0 aliphatic heterocycles. The van der Waals surface area contributed by atoms with Gasteiger partial charge in [0.2, 0.25) is 0 Å². The van der Waals surface area contributed by atoms with Crippen LogP contribution in [0.3, 0.4) is 0 Å². The summed E-state index contributed by atoms with van der Waals surface area (Å²) in [5, 5.41) is 0. The lowest BCUT2D eigenvalue weighted by Crippen LogP contribution is -2.15. The van der Waals surface area contributed by atoms with Crippen molar-refractivity contribution in [3.05, 3.63) is 70.5 Å². The Morgan fingerprint density at radius 3 is 2.32 bits per heavy atom. The molecule has 100 valence electrons. The predicted octanol–water partition coefficient (Wildman–Crippen LogP) is 3.73. The van der Waals surface area contributed by atoms with Crippen LogP contribution in [0.25, 0.3) is 0 Å². The van der Waals surface area contributed by atoms with E-state index in [1.165, 1.54) is 17.2 Å². The maximum atomic E-state index is 13.1. The first kappa shape index (κ1) is 13.8. The van der Waals surface area contributed by atoms with Crippen molar-refractivity contribution in [2.45, 2.75) is 26.2 Å². The highest BCUT2D eigenvalue weighted by molar-refractivity contribution is 5.31. The first-order chi connectivity index (χ1) is 9.10. The van der Waals surface area contributed by atoms with E-state index in [9.17, 15) is 4.39 Å². The fourth-order valence-corrected chi connectivity index (χ4v) is 2.33. The number of benzene rings is 2. The SMILES string of the molecule is Cc1ccc(C(CN)Cc2ccc(F)cc2C)cc1. The molecule has 0 saturated heterocycles. The molecule has 2 aromatic rings. The molecule has 0 saturated carbocycles. The Morgan fingerprint density at radius 2 is 1.74 bits per heavy atom. The summed E-state index contributed by atoms with van der Waals surface area (Å²) in [6.45, 7) is 4.62. The van der Waals surface area contributed by atoms with Crippen LogP contribution in [0.2, 0.25) is 0 Å². The molecule has 0 spiro atoms. The summed E-state index contributed by atoms with van der Waals surface area (Å²) in [6.07, 6.45) is 0.853. The van der Waals surface area contributed by atoms with Gasteiger partial charge in [-0.1, -0.05) is 35.9 Å². The van der Waals surface area contributed by atoms with Crippen molar-refractivity contribution < 1.29 is 4.39 Å². The number of hydrogen-bond acceptors (Lipinski definition) is 1. The zero-order valence-corrected chi connectivity index (χ0v) is 11.5. The van der Waals surface area contributed by atoms with E-state index in [0.717, 1.165) is 17.5 Å². The van der Waals surface area contributed by atoms with Gasteiger partial charge in [-0.2, -0.15) is 0 Å². The largest absolute Gasteiger partial charge is 0.330 e. The van der Waals surface area contributed by atoms with Gasteiger partial charge in [-0.05, 0) is 55.6 Å². The second-order valence-corrected chi connectivity index (χ2v) is 5.12. The van der Waals surface area contributed by atoms with Gasteiger partial charge in [-0.25, -0.2) is 4.39 Å². The third-order valence-electron chi connectivity index (χ3n) is 3.60. The van der Waals surface area contributed by atoms with Crippen molar-refractivity contribution in [2.75, 3.05) is 6.54 Å². The average Bonchev–Trinajstić information content (AvgIpc) is 2.39. The van der Waals surface area contributed by atoms with Gasteiger partial charge in [0.05, 0.1) is 0 Å². The molecule has 1 unspecified atom stereocenters. The van der Waals surface area contributed by atoms with Crippen LogP contribution in [0.5, 0.6) is 0 Å². The Bertz CT molecular complexity index is 546. The van der Waals surface area contributed by atoms with E-state index in [-0.39, 0.29) is 11.7 Å². The van der Waals surface area contributed by atoms with E-state index in [4.69, 9.17) is 5.73 Å². The molecule has 2 N–H and O–H groups in total. The second-order valence-electron chi connectivity index (χ2n) is 5.12. The molecular weight excluding hydrogens is 237 g/mol. The summed E-state index contributed by atoms with van der Waals surface area (Å²) in [4.78, 5) is 0. The van der Waals surface area contributed by atoms with Crippen LogP contribution < -0.4 is 5.73 Å². The highest BCUT2D eigenvalue weighted by atomic mass is 19.1. The fraction of sp³-hybridized carbons (Fsp3) is 0.294. The molecule has 0 amide bonds. The summed E-state index contributed by atoms with van der Waals surface area (Å²) in [5.74, 6) is 0.102. The highest BCUT2D eigenvalue weighted by Gasteiger charge is 2.12. The molecule has 19 heavy (non-hydrogen) atoms. The molecule has 2 aromatic carbocycles. The van der Waals surface area contributed by atoms with Crippen molar-refractivity contribution in [1.82, 2.24) is 0 Å². The van der Waals surface area contributed by atoms with E-state index >= 15 is 0 Å². The number of hydrogen-bond donors (Lipinski definition) is 1. The minimum atomic E-state index is -0.180. The zero-order chi connectivity index (χ0) is 13.8. The summed E-state index contributed by atoms with van der Waals surface area (Å²) < 4.78 is 13.1. The molecule has 1 nitrogen and oxygen atoms in total. The lowest BCUT2D eigenvalue weighted by Gasteiger charge is -2.17. The lowest BCUT2D eigenvalue weighted by molar-refractivity contribution is 0.623. The van der Waals surface area contributed by atoms with Gasteiger partial charge in [0.25, 0.3) is 0 Å². The van der Waals surface area contributed by atoms with Gasteiger partial charge in [0.1, 0.15) is 5.82 Å².